The van der Waals surface area contributed by atoms with Crippen molar-refractivity contribution >= 4 is 11.6 Å². The molecule has 0 aliphatic heterocycles. The fourth-order valence-corrected chi connectivity index (χ4v) is 3.30. The Morgan fingerprint density at radius 1 is 1.06 bits per heavy atom. The van der Waals surface area contributed by atoms with Crippen LogP contribution in [0.1, 0.15) is 21.6 Å². The zero-order valence-corrected chi connectivity index (χ0v) is 18.0. The summed E-state index contributed by atoms with van der Waals surface area (Å²) in [7, 11) is 1.68. The van der Waals surface area contributed by atoms with Crippen molar-refractivity contribution in [3.05, 3.63) is 95.7 Å². The van der Waals surface area contributed by atoms with Crippen molar-refractivity contribution in [2.45, 2.75) is 13.5 Å². The number of para-hydroxylation sites is 1. The van der Waals surface area contributed by atoms with Crippen molar-refractivity contribution in [3.63, 3.8) is 0 Å². The number of hydrogen-bond acceptors (Lipinski definition) is 4. The molecule has 0 unspecified atom stereocenters. The fraction of sp³-hybridized carbons (Fsp3) is 0.200. The third-order valence-corrected chi connectivity index (χ3v) is 5.08. The summed E-state index contributed by atoms with van der Waals surface area (Å²) in [6.07, 6.45) is 3.90. The topological polar surface area (TPSA) is 56.1 Å². The molecule has 0 saturated carbocycles. The molecule has 0 radical (unpaired) electrons. The van der Waals surface area contributed by atoms with E-state index in [4.69, 9.17) is 9.47 Å². The molecule has 2 heterocycles. The van der Waals surface area contributed by atoms with Gasteiger partial charge in [0.25, 0.3) is 5.91 Å². The zero-order chi connectivity index (χ0) is 22.5. The molecule has 2 aromatic carbocycles. The van der Waals surface area contributed by atoms with Crippen LogP contribution in [0.15, 0.2) is 73.1 Å². The number of fused-ring (bicyclic) bond motifs is 1. The minimum atomic E-state index is -0.421. The molecule has 0 saturated heterocycles. The highest BCUT2D eigenvalue weighted by Gasteiger charge is 2.12. The minimum Gasteiger partial charge on any atom is -0.489 e. The predicted molar refractivity (Wildman–Crippen MR) is 120 cm³/mol. The first kappa shape index (κ1) is 21.4. The molecule has 0 N–H and O–H groups in total. The maximum Gasteiger partial charge on any atom is 0.253 e. The second kappa shape index (κ2) is 9.51. The number of aromatic nitrogens is 2. The molecule has 164 valence electrons. The lowest BCUT2D eigenvalue weighted by atomic mass is 10.2. The van der Waals surface area contributed by atoms with E-state index in [1.165, 1.54) is 11.0 Å². The van der Waals surface area contributed by atoms with E-state index in [0.717, 1.165) is 16.9 Å². The van der Waals surface area contributed by atoms with Gasteiger partial charge in [-0.3, -0.25) is 4.79 Å². The van der Waals surface area contributed by atoms with E-state index in [0.29, 0.717) is 24.5 Å². The van der Waals surface area contributed by atoms with Crippen LogP contribution >= 0.6 is 0 Å². The van der Waals surface area contributed by atoms with Gasteiger partial charge >= 0.3 is 0 Å². The van der Waals surface area contributed by atoms with Crippen molar-refractivity contribution in [1.82, 2.24) is 14.3 Å². The van der Waals surface area contributed by atoms with Crippen LogP contribution in [-0.4, -0.2) is 40.4 Å². The Kier molecular flexibility index (Phi) is 6.35. The monoisotopic (exact) mass is 433 g/mol. The number of amides is 1. The maximum atomic E-state index is 13.6. The average molecular weight is 433 g/mol. The van der Waals surface area contributed by atoms with Crippen LogP contribution in [0, 0.1) is 12.7 Å². The van der Waals surface area contributed by atoms with Crippen LogP contribution < -0.4 is 9.47 Å². The summed E-state index contributed by atoms with van der Waals surface area (Å²) in [4.78, 5) is 18.8. The van der Waals surface area contributed by atoms with Crippen molar-refractivity contribution in [1.29, 1.82) is 0 Å². The normalized spacial score (nSPS) is 10.8. The average Bonchev–Trinajstić information content (AvgIpc) is 3.23. The lowest BCUT2D eigenvalue weighted by molar-refractivity contribution is 0.0773. The van der Waals surface area contributed by atoms with Crippen LogP contribution in [0.4, 0.5) is 4.39 Å². The molecule has 6 nitrogen and oxygen atoms in total. The van der Waals surface area contributed by atoms with Crippen LogP contribution in [0.25, 0.3) is 5.65 Å². The molecule has 4 rings (SSSR count). The molecule has 0 aliphatic carbocycles. The molecule has 0 atom stereocenters. The molecule has 4 aromatic rings. The SMILES string of the molecule is Cc1cccn2cc(COc3ccc(C(=O)N(C)CCOc4ccccc4F)cc3)nc12. The number of pyridine rings is 1. The number of nitrogens with zero attached hydrogens (tertiary/aromatic N) is 3. The molecule has 0 aliphatic rings. The number of benzene rings is 2. The molecule has 1 amide bonds. The van der Waals surface area contributed by atoms with Gasteiger partial charge in [-0.25, -0.2) is 9.37 Å². The van der Waals surface area contributed by atoms with Crippen LogP contribution in [-0.2, 0) is 6.61 Å². The summed E-state index contributed by atoms with van der Waals surface area (Å²) in [5, 5.41) is 0. The molecule has 0 spiro atoms. The van der Waals surface area contributed by atoms with Gasteiger partial charge in [0.2, 0.25) is 0 Å². The Balaban J connectivity index is 1.29. The quantitative estimate of drug-likeness (QED) is 0.410. The van der Waals surface area contributed by atoms with Crippen LogP contribution in [0.2, 0.25) is 0 Å². The first-order valence-electron chi connectivity index (χ1n) is 10.3. The molecule has 7 heteroatoms. The third kappa shape index (κ3) is 4.88. The van der Waals surface area contributed by atoms with E-state index >= 15 is 0 Å². The van der Waals surface area contributed by atoms with Crippen LogP contribution in [0.3, 0.4) is 0 Å². The molecule has 32 heavy (non-hydrogen) atoms. The number of halogens is 1. The number of hydrogen-bond donors (Lipinski definition) is 0. The highest BCUT2D eigenvalue weighted by atomic mass is 19.1. The Morgan fingerprint density at radius 3 is 2.59 bits per heavy atom. The van der Waals surface area contributed by atoms with Gasteiger partial charge < -0.3 is 18.8 Å². The predicted octanol–water partition coefficient (Wildman–Crippen LogP) is 4.51. The van der Waals surface area contributed by atoms with E-state index < -0.39 is 5.82 Å². The second-order valence-electron chi connectivity index (χ2n) is 7.47. The number of likely N-dealkylation sites (N-methyl/N-ethyl adjacent to an activating group) is 1. The van der Waals surface area contributed by atoms with Gasteiger partial charge in [0.05, 0.1) is 12.2 Å². The molecule has 2 aromatic heterocycles. The van der Waals surface area contributed by atoms with Crippen LogP contribution in [0.5, 0.6) is 11.5 Å². The summed E-state index contributed by atoms with van der Waals surface area (Å²) in [6, 6.07) is 17.2. The Hall–Kier alpha value is -3.87. The Morgan fingerprint density at radius 2 is 1.84 bits per heavy atom. The lowest BCUT2D eigenvalue weighted by Crippen LogP contribution is -2.30. The summed E-state index contributed by atoms with van der Waals surface area (Å²) in [6.45, 7) is 2.88. The number of aryl methyl sites for hydroxylation is 1. The first-order chi connectivity index (χ1) is 15.5. The smallest absolute Gasteiger partial charge is 0.253 e. The van der Waals surface area contributed by atoms with Gasteiger partial charge in [-0.05, 0) is 55.0 Å². The summed E-state index contributed by atoms with van der Waals surface area (Å²) >= 11 is 0. The van der Waals surface area contributed by atoms with E-state index in [1.807, 2.05) is 35.9 Å². The number of rotatable bonds is 8. The summed E-state index contributed by atoms with van der Waals surface area (Å²) in [5.74, 6) is 0.261. The number of carbonyl (C=O) groups excluding carboxylic acids is 1. The summed E-state index contributed by atoms with van der Waals surface area (Å²) < 4.78 is 26.8. The van der Waals surface area contributed by atoms with E-state index in [2.05, 4.69) is 4.98 Å². The standard InChI is InChI=1S/C25H24FN3O3/c1-18-6-5-13-29-16-20(27-24(18)29)17-32-21-11-9-19(10-12-21)25(30)28(2)14-15-31-23-8-4-3-7-22(23)26/h3-13,16H,14-15,17H2,1-2H3. The largest absolute Gasteiger partial charge is 0.489 e. The highest BCUT2D eigenvalue weighted by Crippen LogP contribution is 2.17. The van der Waals surface area contributed by atoms with Gasteiger partial charge in [-0.15, -0.1) is 0 Å². The third-order valence-electron chi connectivity index (χ3n) is 5.08. The van der Waals surface area contributed by atoms with Gasteiger partial charge in [-0.2, -0.15) is 0 Å². The van der Waals surface area contributed by atoms with E-state index in [1.54, 1.807) is 49.5 Å². The Labute approximate surface area is 185 Å². The zero-order valence-electron chi connectivity index (χ0n) is 18.0. The van der Waals surface area contributed by atoms with Gasteiger partial charge in [0, 0.05) is 25.0 Å². The fourth-order valence-electron chi connectivity index (χ4n) is 3.30. The Bertz CT molecular complexity index is 1220. The molecule has 0 bridgehead atoms. The molecular formula is C25H24FN3O3. The van der Waals surface area contributed by atoms with E-state index in [-0.39, 0.29) is 18.3 Å². The van der Waals surface area contributed by atoms with Crippen molar-refractivity contribution in [2.24, 2.45) is 0 Å². The first-order valence-corrected chi connectivity index (χ1v) is 10.3. The minimum absolute atomic E-state index is 0.149. The molecule has 0 fully saturated rings. The maximum absolute atomic E-state index is 13.6. The van der Waals surface area contributed by atoms with Gasteiger partial charge in [0.15, 0.2) is 11.6 Å². The summed E-state index contributed by atoms with van der Waals surface area (Å²) in [5.41, 5.74) is 3.38. The second-order valence-corrected chi connectivity index (χ2v) is 7.47. The van der Waals surface area contributed by atoms with Gasteiger partial charge in [0.1, 0.15) is 24.6 Å². The molecular weight excluding hydrogens is 409 g/mol. The van der Waals surface area contributed by atoms with Crippen molar-refractivity contribution in [2.75, 3.05) is 20.2 Å². The van der Waals surface area contributed by atoms with E-state index in [9.17, 15) is 9.18 Å². The van der Waals surface area contributed by atoms with Gasteiger partial charge in [-0.1, -0.05) is 18.2 Å². The highest BCUT2D eigenvalue weighted by molar-refractivity contribution is 5.94. The number of imidazole rings is 1. The van der Waals surface area contributed by atoms with Crippen molar-refractivity contribution in [3.8, 4) is 11.5 Å². The number of ether oxygens (including phenoxy) is 2. The van der Waals surface area contributed by atoms with Crippen molar-refractivity contribution < 1.29 is 18.7 Å². The lowest BCUT2D eigenvalue weighted by Gasteiger charge is -2.18. The number of carbonyl (C=O) groups is 1.